The number of likely N-dealkylation sites (tertiary alicyclic amines) is 1. The molecule has 1 fully saturated rings. The fraction of sp³-hybridized carbons (Fsp3) is 0.318. The molecule has 29 heavy (non-hydrogen) atoms. The van der Waals surface area contributed by atoms with Crippen LogP contribution in [0.5, 0.6) is 5.75 Å². The number of benzene rings is 2. The number of sulfone groups is 1. The van der Waals surface area contributed by atoms with Gasteiger partial charge in [-0.25, -0.2) is 8.42 Å². The standard InChI is InChI=1S/C22H24N2O4S/c25-20-16-24(13-14-29(26,27)18-6-2-1-3-7-18)12-10-22(20)28-21-8-4-5-17-15-23-11-9-19(17)21/h1-9,11,15,20,22,25H,10,12-14,16H2/t20-,22-/m1/s1. The second-order valence-corrected chi connectivity index (χ2v) is 9.41. The number of β-amino-alcohol motifs (C(OH)–C–C–N with tert-alkyl or cyclic N) is 1. The summed E-state index contributed by atoms with van der Waals surface area (Å²) in [7, 11) is -3.32. The molecule has 3 aromatic rings. The third-order valence-electron chi connectivity index (χ3n) is 5.30. The Labute approximate surface area is 170 Å². The number of piperidine rings is 1. The van der Waals surface area contributed by atoms with Crippen molar-refractivity contribution >= 4 is 20.6 Å². The van der Waals surface area contributed by atoms with Gasteiger partial charge in [-0.1, -0.05) is 30.3 Å². The number of fused-ring (bicyclic) bond motifs is 1. The molecular weight excluding hydrogens is 388 g/mol. The highest BCUT2D eigenvalue weighted by Crippen LogP contribution is 2.27. The maximum atomic E-state index is 12.5. The summed E-state index contributed by atoms with van der Waals surface area (Å²) in [6.07, 6.45) is 3.14. The number of hydrogen-bond acceptors (Lipinski definition) is 6. The molecule has 2 aromatic carbocycles. The van der Waals surface area contributed by atoms with Crippen molar-refractivity contribution in [1.82, 2.24) is 9.88 Å². The summed E-state index contributed by atoms with van der Waals surface area (Å²) in [6, 6.07) is 16.2. The zero-order valence-electron chi connectivity index (χ0n) is 16.0. The van der Waals surface area contributed by atoms with Gasteiger partial charge in [0.15, 0.2) is 9.84 Å². The van der Waals surface area contributed by atoms with Gasteiger partial charge in [-0.05, 0) is 30.7 Å². The van der Waals surface area contributed by atoms with Crippen LogP contribution >= 0.6 is 0 Å². The molecule has 0 spiro atoms. The number of ether oxygens (including phenoxy) is 1. The fourth-order valence-electron chi connectivity index (χ4n) is 3.67. The van der Waals surface area contributed by atoms with Crippen molar-refractivity contribution in [2.45, 2.75) is 23.5 Å². The number of nitrogens with zero attached hydrogens (tertiary/aromatic N) is 2. The number of aromatic nitrogens is 1. The summed E-state index contributed by atoms with van der Waals surface area (Å²) in [6.45, 7) is 1.46. The van der Waals surface area contributed by atoms with Crippen molar-refractivity contribution in [3.05, 3.63) is 67.0 Å². The van der Waals surface area contributed by atoms with E-state index in [9.17, 15) is 13.5 Å². The molecule has 0 amide bonds. The van der Waals surface area contributed by atoms with E-state index in [2.05, 4.69) is 4.98 Å². The number of aliphatic hydroxyl groups excluding tert-OH is 1. The first-order valence-corrected chi connectivity index (χ1v) is 11.4. The Morgan fingerprint density at radius 1 is 1.10 bits per heavy atom. The van der Waals surface area contributed by atoms with E-state index in [0.29, 0.717) is 31.0 Å². The van der Waals surface area contributed by atoms with Gasteiger partial charge < -0.3 is 9.84 Å². The number of aliphatic hydroxyl groups is 1. The summed E-state index contributed by atoms with van der Waals surface area (Å²) in [5, 5.41) is 12.5. The van der Waals surface area contributed by atoms with Crippen LogP contribution in [0.1, 0.15) is 6.42 Å². The molecule has 4 rings (SSSR count). The summed E-state index contributed by atoms with van der Waals surface area (Å²) >= 11 is 0. The SMILES string of the molecule is O=S(=O)(CCN1CC[C@@H](Oc2cccc3cnccc23)[C@H](O)C1)c1ccccc1. The van der Waals surface area contributed by atoms with Crippen LogP contribution in [-0.2, 0) is 9.84 Å². The van der Waals surface area contributed by atoms with E-state index in [-0.39, 0.29) is 11.9 Å². The van der Waals surface area contributed by atoms with Crippen LogP contribution in [0.25, 0.3) is 10.8 Å². The van der Waals surface area contributed by atoms with E-state index in [0.717, 1.165) is 16.5 Å². The van der Waals surface area contributed by atoms with Crippen LogP contribution in [0, 0.1) is 0 Å². The zero-order valence-corrected chi connectivity index (χ0v) is 16.8. The number of rotatable bonds is 6. The second kappa shape index (κ2) is 8.49. The van der Waals surface area contributed by atoms with Crippen LogP contribution in [0.4, 0.5) is 0 Å². The zero-order chi connectivity index (χ0) is 20.3. The Hall–Kier alpha value is -2.48. The monoisotopic (exact) mass is 412 g/mol. The molecule has 6 nitrogen and oxygen atoms in total. The van der Waals surface area contributed by atoms with Crippen molar-refractivity contribution in [3.8, 4) is 5.75 Å². The number of hydrogen-bond donors (Lipinski definition) is 1. The molecule has 1 aromatic heterocycles. The maximum absolute atomic E-state index is 12.5. The highest BCUT2D eigenvalue weighted by molar-refractivity contribution is 7.91. The fourth-order valence-corrected chi connectivity index (χ4v) is 4.98. The van der Waals surface area contributed by atoms with Gasteiger partial charge >= 0.3 is 0 Å². The molecule has 1 saturated heterocycles. The molecule has 7 heteroatoms. The third-order valence-corrected chi connectivity index (χ3v) is 7.01. The second-order valence-electron chi connectivity index (χ2n) is 7.30. The van der Waals surface area contributed by atoms with Gasteiger partial charge in [0, 0.05) is 42.8 Å². The van der Waals surface area contributed by atoms with Crippen LogP contribution in [-0.4, -0.2) is 61.0 Å². The largest absolute Gasteiger partial charge is 0.487 e. The van der Waals surface area contributed by atoms with E-state index in [1.54, 1.807) is 42.7 Å². The molecule has 0 bridgehead atoms. The van der Waals surface area contributed by atoms with Crippen LogP contribution in [0.2, 0.25) is 0 Å². The van der Waals surface area contributed by atoms with Crippen LogP contribution < -0.4 is 4.74 Å². The average Bonchev–Trinajstić information content (AvgIpc) is 2.75. The Balaban J connectivity index is 1.36. The highest BCUT2D eigenvalue weighted by atomic mass is 32.2. The molecule has 0 aliphatic carbocycles. The van der Waals surface area contributed by atoms with E-state index >= 15 is 0 Å². The van der Waals surface area contributed by atoms with E-state index in [4.69, 9.17) is 4.74 Å². The molecule has 152 valence electrons. The predicted molar refractivity (Wildman–Crippen MR) is 112 cm³/mol. The molecule has 0 saturated carbocycles. The summed E-state index contributed by atoms with van der Waals surface area (Å²) in [4.78, 5) is 6.45. The van der Waals surface area contributed by atoms with Crippen molar-refractivity contribution in [2.24, 2.45) is 0 Å². The first kappa shape index (κ1) is 19.8. The first-order chi connectivity index (χ1) is 14.0. The van der Waals surface area contributed by atoms with Gasteiger partial charge in [0.2, 0.25) is 0 Å². The quantitative estimate of drug-likeness (QED) is 0.670. The average molecular weight is 413 g/mol. The van der Waals surface area contributed by atoms with Gasteiger partial charge in [-0.2, -0.15) is 0 Å². The molecular formula is C22H24N2O4S. The lowest BCUT2D eigenvalue weighted by Crippen LogP contribution is -2.50. The van der Waals surface area contributed by atoms with E-state index in [1.165, 1.54) is 0 Å². The molecule has 0 unspecified atom stereocenters. The van der Waals surface area contributed by atoms with E-state index in [1.807, 2.05) is 29.2 Å². The Bertz CT molecular complexity index is 1070. The normalized spacial score (nSPS) is 20.6. The minimum atomic E-state index is -3.32. The van der Waals surface area contributed by atoms with Gasteiger partial charge in [0.05, 0.1) is 10.6 Å². The maximum Gasteiger partial charge on any atom is 0.179 e. The van der Waals surface area contributed by atoms with Crippen molar-refractivity contribution in [1.29, 1.82) is 0 Å². The Kier molecular flexibility index (Phi) is 5.80. The number of pyridine rings is 1. The van der Waals surface area contributed by atoms with Gasteiger partial charge in [-0.3, -0.25) is 9.88 Å². The van der Waals surface area contributed by atoms with Crippen molar-refractivity contribution in [3.63, 3.8) is 0 Å². The molecule has 2 atom stereocenters. The van der Waals surface area contributed by atoms with Gasteiger partial charge in [0.1, 0.15) is 18.0 Å². The topological polar surface area (TPSA) is 79.7 Å². The van der Waals surface area contributed by atoms with E-state index < -0.39 is 15.9 Å². The molecule has 1 aliphatic heterocycles. The third kappa shape index (κ3) is 4.58. The van der Waals surface area contributed by atoms with Crippen LogP contribution in [0.15, 0.2) is 71.9 Å². The molecule has 0 radical (unpaired) electrons. The van der Waals surface area contributed by atoms with Crippen LogP contribution in [0.3, 0.4) is 0 Å². The van der Waals surface area contributed by atoms with Crippen molar-refractivity contribution in [2.75, 3.05) is 25.4 Å². The summed E-state index contributed by atoms with van der Waals surface area (Å²) in [5.74, 6) is 0.764. The molecule has 1 N–H and O–H groups in total. The Morgan fingerprint density at radius 2 is 1.93 bits per heavy atom. The first-order valence-electron chi connectivity index (χ1n) is 9.70. The lowest BCUT2D eigenvalue weighted by Gasteiger charge is -2.36. The predicted octanol–water partition coefficient (Wildman–Crippen LogP) is 2.52. The smallest absolute Gasteiger partial charge is 0.179 e. The lowest BCUT2D eigenvalue weighted by molar-refractivity contribution is -0.0229. The van der Waals surface area contributed by atoms with Gasteiger partial charge in [-0.15, -0.1) is 0 Å². The summed E-state index contributed by atoms with van der Waals surface area (Å²) in [5.41, 5.74) is 0. The minimum Gasteiger partial charge on any atom is -0.487 e. The summed E-state index contributed by atoms with van der Waals surface area (Å²) < 4.78 is 31.1. The van der Waals surface area contributed by atoms with Gasteiger partial charge in [0.25, 0.3) is 0 Å². The molecule has 1 aliphatic rings. The minimum absolute atomic E-state index is 0.0333. The highest BCUT2D eigenvalue weighted by Gasteiger charge is 2.30. The molecule has 2 heterocycles. The lowest BCUT2D eigenvalue weighted by atomic mass is 10.0. The van der Waals surface area contributed by atoms with Crippen molar-refractivity contribution < 1.29 is 18.3 Å². The Morgan fingerprint density at radius 3 is 2.72 bits per heavy atom.